The fourth-order valence-corrected chi connectivity index (χ4v) is 4.30. The Morgan fingerprint density at radius 3 is 2.64 bits per heavy atom. The van der Waals surface area contributed by atoms with Crippen LogP contribution in [0, 0.1) is 0 Å². The predicted octanol–water partition coefficient (Wildman–Crippen LogP) is 4.42. The van der Waals surface area contributed by atoms with E-state index in [1.165, 1.54) is 0 Å². The number of rotatable bonds is 9. The van der Waals surface area contributed by atoms with Gasteiger partial charge in [0.25, 0.3) is 0 Å². The van der Waals surface area contributed by atoms with Crippen LogP contribution in [0.1, 0.15) is 12.0 Å². The number of carbonyl (C=O) groups is 1. The molecule has 0 radical (unpaired) electrons. The van der Waals surface area contributed by atoms with Gasteiger partial charge in [-0.15, -0.1) is 0 Å². The minimum absolute atomic E-state index is 0.163. The van der Waals surface area contributed by atoms with Gasteiger partial charge in [-0.3, -0.25) is 4.79 Å². The van der Waals surface area contributed by atoms with Crippen molar-refractivity contribution in [2.24, 2.45) is 5.73 Å². The number of thiazole rings is 1. The molecule has 0 aliphatic heterocycles. The molecule has 0 saturated heterocycles. The van der Waals surface area contributed by atoms with E-state index >= 15 is 0 Å². The molecule has 0 fully saturated rings. The maximum Gasteiger partial charge on any atom is 0.237 e. The molecule has 0 saturated carbocycles. The second-order valence-corrected chi connectivity index (χ2v) is 8.52. The van der Waals surface area contributed by atoms with E-state index in [-0.39, 0.29) is 12.5 Å². The first-order valence-corrected chi connectivity index (χ1v) is 10.5. The Morgan fingerprint density at radius 2 is 1.93 bits per heavy atom. The molecule has 0 unspecified atom stereocenters. The van der Waals surface area contributed by atoms with Crippen LogP contribution < -0.4 is 10.6 Å². The summed E-state index contributed by atoms with van der Waals surface area (Å²) in [4.78, 5) is 20.3. The normalized spacial score (nSPS) is 11.3. The number of amides is 1. The van der Waals surface area contributed by atoms with Gasteiger partial charge in [-0.2, -0.15) is 0 Å². The van der Waals surface area contributed by atoms with E-state index in [0.29, 0.717) is 16.6 Å². The Morgan fingerprint density at radius 1 is 1.14 bits per heavy atom. The van der Waals surface area contributed by atoms with Gasteiger partial charge in [0.15, 0.2) is 5.13 Å². The molecule has 5 nitrogen and oxygen atoms in total. The first-order valence-electron chi connectivity index (χ1n) is 8.93. The highest BCUT2D eigenvalue weighted by Crippen LogP contribution is 2.28. The summed E-state index contributed by atoms with van der Waals surface area (Å²) in [7, 11) is 2.05. The van der Waals surface area contributed by atoms with Gasteiger partial charge in [0.05, 0.1) is 26.8 Å². The van der Waals surface area contributed by atoms with Crippen molar-refractivity contribution in [3.8, 4) is 0 Å². The molecule has 1 amide bonds. The molecule has 2 aromatic carbocycles. The van der Waals surface area contributed by atoms with E-state index in [0.717, 1.165) is 40.4 Å². The molecule has 0 atom stereocenters. The predicted molar refractivity (Wildman–Crippen MR) is 118 cm³/mol. The van der Waals surface area contributed by atoms with Gasteiger partial charge in [-0.1, -0.05) is 52.7 Å². The number of nitrogens with zero attached hydrogens (tertiary/aromatic N) is 3. The number of hydrogen-bond acceptors (Lipinski definition) is 5. The first-order chi connectivity index (χ1) is 13.4. The zero-order valence-corrected chi connectivity index (χ0v) is 17.9. The number of hydrogen-bond donors (Lipinski definition) is 1. The highest BCUT2D eigenvalue weighted by Gasteiger charge is 2.14. The van der Waals surface area contributed by atoms with Crippen molar-refractivity contribution < 1.29 is 4.79 Å². The van der Waals surface area contributed by atoms with E-state index < -0.39 is 0 Å². The van der Waals surface area contributed by atoms with Crippen LogP contribution in [0.5, 0.6) is 0 Å². The highest BCUT2D eigenvalue weighted by atomic mass is 35.5. The third-order valence-electron chi connectivity index (χ3n) is 4.30. The number of para-hydroxylation sites is 1. The van der Waals surface area contributed by atoms with Crippen molar-refractivity contribution in [2.75, 3.05) is 31.6 Å². The quantitative estimate of drug-likeness (QED) is 0.539. The van der Waals surface area contributed by atoms with Gasteiger partial charge in [0.1, 0.15) is 0 Å². The Bertz CT molecular complexity index is 929. The van der Waals surface area contributed by atoms with E-state index in [4.69, 9.17) is 28.9 Å². The van der Waals surface area contributed by atoms with Crippen molar-refractivity contribution in [1.29, 1.82) is 0 Å². The summed E-state index contributed by atoms with van der Waals surface area (Å²) in [5.41, 5.74) is 7.49. The van der Waals surface area contributed by atoms with E-state index in [2.05, 4.69) is 16.9 Å². The summed E-state index contributed by atoms with van der Waals surface area (Å²) in [5.74, 6) is -0.358. The summed E-state index contributed by atoms with van der Waals surface area (Å²) in [6.45, 7) is 2.50. The lowest BCUT2D eigenvalue weighted by atomic mass is 10.2. The summed E-state index contributed by atoms with van der Waals surface area (Å²) >= 11 is 13.6. The largest absolute Gasteiger partial charge is 0.368 e. The molecule has 148 valence electrons. The highest BCUT2D eigenvalue weighted by molar-refractivity contribution is 7.22. The van der Waals surface area contributed by atoms with Crippen LogP contribution in [-0.4, -0.2) is 42.5 Å². The second-order valence-electron chi connectivity index (χ2n) is 6.69. The number of anilines is 1. The van der Waals surface area contributed by atoms with Gasteiger partial charge in [-0.05, 0) is 49.8 Å². The third kappa shape index (κ3) is 5.58. The molecule has 0 aliphatic carbocycles. The average molecular weight is 437 g/mol. The van der Waals surface area contributed by atoms with Gasteiger partial charge in [0, 0.05) is 13.1 Å². The van der Waals surface area contributed by atoms with Crippen molar-refractivity contribution in [3.63, 3.8) is 0 Å². The topological polar surface area (TPSA) is 62.5 Å². The molecule has 28 heavy (non-hydrogen) atoms. The Hall–Kier alpha value is -1.86. The zero-order chi connectivity index (χ0) is 20.1. The smallest absolute Gasteiger partial charge is 0.237 e. The van der Waals surface area contributed by atoms with Gasteiger partial charge in [-0.25, -0.2) is 4.98 Å². The molecule has 8 heteroatoms. The minimum atomic E-state index is -0.358. The summed E-state index contributed by atoms with van der Waals surface area (Å²) < 4.78 is 1.10. The number of carbonyl (C=O) groups excluding carboxylic acids is 1. The van der Waals surface area contributed by atoms with E-state index in [9.17, 15) is 4.79 Å². The SMILES string of the molecule is CN(CCCN(CC(N)=O)c1nc2ccccc2s1)Cc1ccc(Cl)c(Cl)c1. The summed E-state index contributed by atoms with van der Waals surface area (Å²) in [6.07, 6.45) is 0.876. The number of primary amides is 1. The molecule has 3 rings (SSSR count). The maximum atomic E-state index is 11.5. The van der Waals surface area contributed by atoms with Crippen LogP contribution in [0.15, 0.2) is 42.5 Å². The second kappa shape index (κ2) is 9.56. The van der Waals surface area contributed by atoms with Crippen LogP contribution in [0.4, 0.5) is 5.13 Å². The van der Waals surface area contributed by atoms with Crippen LogP contribution in [0.2, 0.25) is 10.0 Å². The van der Waals surface area contributed by atoms with Gasteiger partial charge >= 0.3 is 0 Å². The minimum Gasteiger partial charge on any atom is -0.368 e. The van der Waals surface area contributed by atoms with Crippen molar-refractivity contribution in [3.05, 3.63) is 58.1 Å². The molecule has 3 aromatic rings. The molecule has 1 aromatic heterocycles. The molecular formula is C20H22Cl2N4OS. The molecule has 0 spiro atoms. The number of nitrogens with two attached hydrogens (primary N) is 1. The number of benzene rings is 2. The lowest BCUT2D eigenvalue weighted by Gasteiger charge is -2.22. The summed E-state index contributed by atoms with van der Waals surface area (Å²) in [5, 5.41) is 1.95. The zero-order valence-electron chi connectivity index (χ0n) is 15.6. The molecule has 2 N–H and O–H groups in total. The first kappa shape index (κ1) is 20.9. The number of aromatic nitrogens is 1. The van der Waals surface area contributed by atoms with Crippen LogP contribution in [0.25, 0.3) is 10.2 Å². The molecular weight excluding hydrogens is 415 g/mol. The monoisotopic (exact) mass is 436 g/mol. The van der Waals surface area contributed by atoms with Crippen LogP contribution >= 0.6 is 34.5 Å². The van der Waals surface area contributed by atoms with Gasteiger partial charge < -0.3 is 15.5 Å². The Labute approximate surface area is 178 Å². The van der Waals surface area contributed by atoms with Crippen LogP contribution in [0.3, 0.4) is 0 Å². The Balaban J connectivity index is 1.58. The average Bonchev–Trinajstić information content (AvgIpc) is 3.08. The molecule has 0 bridgehead atoms. The van der Waals surface area contributed by atoms with Crippen molar-refractivity contribution in [1.82, 2.24) is 9.88 Å². The van der Waals surface area contributed by atoms with Crippen molar-refractivity contribution in [2.45, 2.75) is 13.0 Å². The summed E-state index contributed by atoms with van der Waals surface area (Å²) in [6, 6.07) is 13.6. The lowest BCUT2D eigenvalue weighted by molar-refractivity contribution is -0.116. The fraction of sp³-hybridized carbons (Fsp3) is 0.300. The third-order valence-corrected chi connectivity index (χ3v) is 6.14. The van der Waals surface area contributed by atoms with Crippen LogP contribution in [-0.2, 0) is 11.3 Å². The van der Waals surface area contributed by atoms with Crippen molar-refractivity contribution >= 4 is 55.8 Å². The Kier molecular flexibility index (Phi) is 7.13. The number of halogens is 2. The fourth-order valence-electron chi connectivity index (χ4n) is 2.99. The maximum absolute atomic E-state index is 11.5. The standard InChI is InChI=1S/C20H22Cl2N4OS/c1-25(12-14-7-8-15(21)16(22)11-14)9-4-10-26(13-19(23)27)20-24-17-5-2-3-6-18(17)28-20/h2-3,5-8,11H,4,9-10,12-13H2,1H3,(H2,23,27). The molecule has 1 heterocycles. The molecule has 0 aliphatic rings. The number of fused-ring (bicyclic) bond motifs is 1. The van der Waals surface area contributed by atoms with E-state index in [1.54, 1.807) is 11.3 Å². The van der Waals surface area contributed by atoms with E-state index in [1.807, 2.05) is 47.4 Å². The van der Waals surface area contributed by atoms with Gasteiger partial charge in [0.2, 0.25) is 5.91 Å². The lowest BCUT2D eigenvalue weighted by Crippen LogP contribution is -2.35.